The molecule has 6 nitrogen and oxygen atoms in total. The number of hydrogen-bond acceptors (Lipinski definition) is 5. The fraction of sp³-hybridized carbons (Fsp3) is 0.368. The van der Waals surface area contributed by atoms with Gasteiger partial charge < -0.3 is 14.8 Å². The summed E-state index contributed by atoms with van der Waals surface area (Å²) in [6.45, 7) is 5.17. The molecule has 0 saturated carbocycles. The Morgan fingerprint density at radius 3 is 2.37 bits per heavy atom. The molecule has 0 heterocycles. The highest BCUT2D eigenvalue weighted by Gasteiger charge is 2.12. The highest BCUT2D eigenvalue weighted by Crippen LogP contribution is 2.34. The van der Waals surface area contributed by atoms with Gasteiger partial charge in [0.25, 0.3) is 0 Å². The molecule has 0 bridgehead atoms. The van der Waals surface area contributed by atoms with Crippen molar-refractivity contribution in [2.45, 2.75) is 37.8 Å². The lowest BCUT2D eigenvalue weighted by atomic mass is 10.1. The van der Waals surface area contributed by atoms with Crippen molar-refractivity contribution in [1.29, 1.82) is 0 Å². The number of sulfonamides is 1. The predicted molar refractivity (Wildman–Crippen MR) is 107 cm³/mol. The van der Waals surface area contributed by atoms with Gasteiger partial charge in [0, 0.05) is 17.6 Å². The maximum absolute atomic E-state index is 11.3. The summed E-state index contributed by atoms with van der Waals surface area (Å²) in [6.07, 6.45) is 0.772. The zero-order valence-corrected chi connectivity index (χ0v) is 17.2. The molecule has 0 unspecified atom stereocenters. The van der Waals surface area contributed by atoms with E-state index in [-0.39, 0.29) is 11.0 Å². The SMILES string of the molecule is COc1cc(CNCCc2ccc(S(N)(=O)=O)cc2)c(Cl)cc1OC(C)C. The Kier molecular flexibility index (Phi) is 7.49. The molecule has 27 heavy (non-hydrogen) atoms. The molecule has 2 aromatic rings. The molecule has 3 N–H and O–H groups in total. The van der Waals surface area contributed by atoms with Crippen LogP contribution in [0.25, 0.3) is 0 Å². The average molecular weight is 413 g/mol. The molecular weight excluding hydrogens is 388 g/mol. The second-order valence-corrected chi connectivity index (χ2v) is 8.35. The highest BCUT2D eigenvalue weighted by molar-refractivity contribution is 7.89. The summed E-state index contributed by atoms with van der Waals surface area (Å²) < 4.78 is 33.6. The van der Waals surface area contributed by atoms with Crippen molar-refractivity contribution in [3.63, 3.8) is 0 Å². The second kappa shape index (κ2) is 9.41. The molecule has 0 atom stereocenters. The van der Waals surface area contributed by atoms with Gasteiger partial charge in [-0.25, -0.2) is 13.6 Å². The van der Waals surface area contributed by atoms with Gasteiger partial charge in [-0.3, -0.25) is 0 Å². The molecule has 0 aromatic heterocycles. The number of halogens is 1. The van der Waals surface area contributed by atoms with E-state index in [1.807, 2.05) is 19.9 Å². The number of rotatable bonds is 9. The van der Waals surface area contributed by atoms with E-state index in [4.69, 9.17) is 26.2 Å². The van der Waals surface area contributed by atoms with Gasteiger partial charge in [-0.1, -0.05) is 23.7 Å². The number of hydrogen-bond donors (Lipinski definition) is 2. The lowest BCUT2D eigenvalue weighted by Gasteiger charge is -2.16. The van der Waals surface area contributed by atoms with E-state index in [1.165, 1.54) is 12.1 Å². The molecule has 0 aliphatic carbocycles. The van der Waals surface area contributed by atoms with Crippen LogP contribution < -0.4 is 19.9 Å². The fourth-order valence-corrected chi connectivity index (χ4v) is 3.26. The third-order valence-corrected chi connectivity index (χ3v) is 5.13. The molecule has 0 saturated heterocycles. The van der Waals surface area contributed by atoms with Crippen molar-refractivity contribution >= 4 is 21.6 Å². The first-order valence-corrected chi connectivity index (χ1v) is 10.5. The van der Waals surface area contributed by atoms with Crippen molar-refractivity contribution in [2.75, 3.05) is 13.7 Å². The molecule has 0 amide bonds. The average Bonchev–Trinajstić information content (AvgIpc) is 2.59. The molecule has 0 radical (unpaired) electrons. The third-order valence-electron chi connectivity index (χ3n) is 3.85. The van der Waals surface area contributed by atoms with Gasteiger partial charge in [0.05, 0.1) is 18.1 Å². The van der Waals surface area contributed by atoms with Gasteiger partial charge in [0.15, 0.2) is 11.5 Å². The molecule has 2 aromatic carbocycles. The number of nitrogens with one attached hydrogen (secondary N) is 1. The number of ether oxygens (including phenoxy) is 2. The van der Waals surface area contributed by atoms with Crippen molar-refractivity contribution in [1.82, 2.24) is 5.32 Å². The maximum atomic E-state index is 11.3. The van der Waals surface area contributed by atoms with Gasteiger partial charge in [-0.05, 0) is 56.1 Å². The second-order valence-electron chi connectivity index (χ2n) is 6.38. The Labute approximate surface area is 165 Å². The van der Waals surface area contributed by atoms with Crippen LogP contribution in [0.5, 0.6) is 11.5 Å². The van der Waals surface area contributed by atoms with Crippen molar-refractivity contribution < 1.29 is 17.9 Å². The van der Waals surface area contributed by atoms with Crippen molar-refractivity contribution in [2.24, 2.45) is 5.14 Å². The Bertz CT molecular complexity index is 868. The van der Waals surface area contributed by atoms with Crippen LogP contribution in [0.4, 0.5) is 0 Å². The van der Waals surface area contributed by atoms with Crippen molar-refractivity contribution in [3.8, 4) is 11.5 Å². The zero-order valence-electron chi connectivity index (χ0n) is 15.7. The van der Waals surface area contributed by atoms with Crippen LogP contribution in [0.2, 0.25) is 5.02 Å². The van der Waals surface area contributed by atoms with Crippen LogP contribution in [0.1, 0.15) is 25.0 Å². The molecule has 0 aliphatic rings. The normalized spacial score (nSPS) is 11.6. The van der Waals surface area contributed by atoms with Gasteiger partial charge >= 0.3 is 0 Å². The van der Waals surface area contributed by atoms with E-state index >= 15 is 0 Å². The zero-order chi connectivity index (χ0) is 20.0. The van der Waals surface area contributed by atoms with Gasteiger partial charge in [0.2, 0.25) is 10.0 Å². The fourth-order valence-electron chi connectivity index (χ4n) is 2.52. The van der Waals surface area contributed by atoms with E-state index < -0.39 is 10.0 Å². The van der Waals surface area contributed by atoms with Gasteiger partial charge in [-0.2, -0.15) is 0 Å². The van der Waals surface area contributed by atoms with Crippen LogP contribution in [-0.4, -0.2) is 28.2 Å². The first-order chi connectivity index (χ1) is 12.7. The minimum atomic E-state index is -3.66. The number of benzene rings is 2. The summed E-state index contributed by atoms with van der Waals surface area (Å²) >= 11 is 6.35. The van der Waals surface area contributed by atoms with E-state index in [1.54, 1.807) is 25.3 Å². The summed E-state index contributed by atoms with van der Waals surface area (Å²) in [5, 5.41) is 9.03. The first kappa shape index (κ1) is 21.5. The first-order valence-electron chi connectivity index (χ1n) is 8.56. The molecule has 2 rings (SSSR count). The summed E-state index contributed by atoms with van der Waals surface area (Å²) in [5.41, 5.74) is 1.92. The third kappa shape index (κ3) is 6.39. The lowest BCUT2D eigenvalue weighted by Crippen LogP contribution is -2.17. The molecule has 148 valence electrons. The number of nitrogens with two attached hydrogens (primary N) is 1. The smallest absolute Gasteiger partial charge is 0.238 e. The van der Waals surface area contributed by atoms with E-state index in [0.717, 1.165) is 17.5 Å². The predicted octanol–water partition coefficient (Wildman–Crippen LogP) is 3.12. The van der Waals surface area contributed by atoms with E-state index in [0.29, 0.717) is 29.6 Å². The van der Waals surface area contributed by atoms with Gasteiger partial charge in [-0.15, -0.1) is 0 Å². The minimum absolute atomic E-state index is 0.0274. The summed E-state index contributed by atoms with van der Waals surface area (Å²) in [5.74, 6) is 1.26. The maximum Gasteiger partial charge on any atom is 0.238 e. The largest absolute Gasteiger partial charge is 0.493 e. The Hall–Kier alpha value is -1.80. The topological polar surface area (TPSA) is 90.6 Å². The minimum Gasteiger partial charge on any atom is -0.493 e. The molecule has 0 spiro atoms. The van der Waals surface area contributed by atoms with E-state index in [9.17, 15) is 8.42 Å². The summed E-state index contributed by atoms with van der Waals surface area (Å²) in [6, 6.07) is 10.2. The van der Waals surface area contributed by atoms with Crippen LogP contribution in [0, 0.1) is 0 Å². The molecule has 0 aliphatic heterocycles. The monoisotopic (exact) mass is 412 g/mol. The van der Waals surface area contributed by atoms with Crippen LogP contribution in [0.15, 0.2) is 41.3 Å². The van der Waals surface area contributed by atoms with E-state index in [2.05, 4.69) is 5.32 Å². The Morgan fingerprint density at radius 2 is 1.81 bits per heavy atom. The summed E-state index contributed by atoms with van der Waals surface area (Å²) in [4.78, 5) is 0.113. The molecule has 0 fully saturated rings. The van der Waals surface area contributed by atoms with Crippen LogP contribution in [-0.2, 0) is 23.0 Å². The number of primary sulfonamides is 1. The summed E-state index contributed by atoms with van der Waals surface area (Å²) in [7, 11) is -2.06. The quantitative estimate of drug-likeness (QED) is 0.617. The molecular formula is C19H25ClN2O4S. The number of methoxy groups -OCH3 is 1. The lowest BCUT2D eigenvalue weighted by molar-refractivity contribution is 0.230. The Balaban J connectivity index is 1.93. The standard InChI is InChI=1S/C19H25ClN2O4S/c1-13(2)26-19-11-17(20)15(10-18(19)25-3)12-22-9-8-14-4-6-16(7-5-14)27(21,23)24/h4-7,10-11,13,22H,8-9,12H2,1-3H3,(H2,21,23,24). The molecule has 8 heteroatoms. The van der Waals surface area contributed by atoms with Crippen LogP contribution >= 0.6 is 11.6 Å². The Morgan fingerprint density at radius 1 is 1.15 bits per heavy atom. The van der Waals surface area contributed by atoms with Crippen LogP contribution in [0.3, 0.4) is 0 Å². The highest BCUT2D eigenvalue weighted by atomic mass is 35.5. The van der Waals surface area contributed by atoms with Gasteiger partial charge in [0.1, 0.15) is 0 Å². The van der Waals surface area contributed by atoms with Crippen molar-refractivity contribution in [3.05, 3.63) is 52.5 Å².